The largest absolute Gasteiger partial charge is 0.507 e. The monoisotopic (exact) mass is 423 g/mol. The lowest BCUT2D eigenvalue weighted by molar-refractivity contribution is -0.136. The number of rotatable bonds is 3. The van der Waals surface area contributed by atoms with Crippen LogP contribution in [0.3, 0.4) is 0 Å². The van der Waals surface area contributed by atoms with E-state index in [0.29, 0.717) is 17.0 Å². The van der Waals surface area contributed by atoms with Gasteiger partial charge in [-0.2, -0.15) is 0 Å². The molecule has 0 saturated carbocycles. The number of ether oxygens (including phenoxy) is 1. The van der Waals surface area contributed by atoms with Crippen molar-refractivity contribution in [3.05, 3.63) is 58.8 Å². The summed E-state index contributed by atoms with van der Waals surface area (Å²) in [5.41, 5.74) is 2.00. The van der Waals surface area contributed by atoms with Crippen molar-refractivity contribution in [1.82, 2.24) is 0 Å². The Hall–Kier alpha value is -3.28. The Kier molecular flexibility index (Phi) is 5.61. The van der Waals surface area contributed by atoms with E-state index >= 15 is 0 Å². The number of para-hydroxylation sites is 2. The third-order valence-corrected chi connectivity index (χ3v) is 5.17. The van der Waals surface area contributed by atoms with Gasteiger partial charge >= 0.3 is 5.97 Å². The highest BCUT2D eigenvalue weighted by Crippen LogP contribution is 2.41. The number of fused-ring (bicyclic) bond motifs is 1. The molecule has 164 valence electrons. The number of carboxylic acids is 1. The number of benzene rings is 2. The first kappa shape index (κ1) is 22.4. The van der Waals surface area contributed by atoms with E-state index in [-0.39, 0.29) is 22.3 Å². The lowest BCUT2D eigenvalue weighted by atomic mass is 9.78. The van der Waals surface area contributed by atoms with Crippen molar-refractivity contribution < 1.29 is 24.5 Å². The highest BCUT2D eigenvalue weighted by molar-refractivity contribution is 6.11. The Balaban J connectivity index is 2.17. The molecule has 3 rings (SSSR count). The smallest absolute Gasteiger partial charge is 0.323 e. The van der Waals surface area contributed by atoms with Crippen LogP contribution in [0.1, 0.15) is 58.2 Å². The second kappa shape index (κ2) is 7.76. The number of aliphatic carboxylic acids is 1. The number of phenols is 1. The fourth-order valence-electron chi connectivity index (χ4n) is 3.59. The van der Waals surface area contributed by atoms with Crippen molar-refractivity contribution in [2.45, 2.75) is 52.4 Å². The molecule has 0 radical (unpaired) electrons. The van der Waals surface area contributed by atoms with Gasteiger partial charge in [0.15, 0.2) is 11.5 Å². The van der Waals surface area contributed by atoms with Crippen molar-refractivity contribution in [1.29, 1.82) is 0 Å². The first-order chi connectivity index (χ1) is 14.3. The minimum Gasteiger partial charge on any atom is -0.507 e. The molecule has 0 spiro atoms. The molecular weight excluding hydrogens is 394 g/mol. The fraction of sp³-hybridized carbons (Fsp3) is 0.360. The molecule has 0 aliphatic carbocycles. The zero-order valence-corrected chi connectivity index (χ0v) is 18.8. The van der Waals surface area contributed by atoms with Crippen LogP contribution >= 0.6 is 0 Å². The van der Waals surface area contributed by atoms with E-state index in [2.05, 4.69) is 0 Å². The van der Waals surface area contributed by atoms with Crippen LogP contribution in [0.15, 0.2) is 42.2 Å². The van der Waals surface area contributed by atoms with Gasteiger partial charge in [-0.3, -0.25) is 14.5 Å². The molecule has 6 heteroatoms. The average Bonchev–Trinajstić information content (AvgIpc) is 2.64. The summed E-state index contributed by atoms with van der Waals surface area (Å²) in [4.78, 5) is 25.6. The number of hydrogen-bond donors (Lipinski definition) is 2. The third-order valence-electron chi connectivity index (χ3n) is 5.17. The number of aromatic hydroxyl groups is 1. The molecule has 0 unspecified atom stereocenters. The summed E-state index contributed by atoms with van der Waals surface area (Å²) in [5.74, 6) is -0.940. The van der Waals surface area contributed by atoms with E-state index in [1.54, 1.807) is 30.3 Å². The van der Waals surface area contributed by atoms with Gasteiger partial charge in [0.1, 0.15) is 12.3 Å². The Morgan fingerprint density at radius 2 is 1.58 bits per heavy atom. The van der Waals surface area contributed by atoms with Gasteiger partial charge in [0.25, 0.3) is 5.91 Å². The van der Waals surface area contributed by atoms with Gasteiger partial charge in [0.2, 0.25) is 0 Å². The van der Waals surface area contributed by atoms with Crippen LogP contribution in [-0.4, -0.2) is 28.6 Å². The Morgan fingerprint density at radius 1 is 1.03 bits per heavy atom. The predicted octanol–water partition coefficient (Wildman–Crippen LogP) is 4.84. The van der Waals surface area contributed by atoms with Crippen LogP contribution in [0.4, 0.5) is 5.69 Å². The fourth-order valence-corrected chi connectivity index (χ4v) is 3.59. The van der Waals surface area contributed by atoms with Crippen LogP contribution in [0, 0.1) is 0 Å². The molecule has 1 amide bonds. The Labute approximate surface area is 182 Å². The maximum atomic E-state index is 13.1. The number of nitrogens with zero attached hydrogens (tertiary/aromatic N) is 1. The molecular formula is C25H29NO5. The van der Waals surface area contributed by atoms with Crippen molar-refractivity contribution in [2.24, 2.45) is 0 Å². The van der Waals surface area contributed by atoms with Gasteiger partial charge < -0.3 is 14.9 Å². The summed E-state index contributed by atoms with van der Waals surface area (Å²) in [6.07, 6.45) is 1.61. The zero-order valence-electron chi connectivity index (χ0n) is 18.8. The summed E-state index contributed by atoms with van der Waals surface area (Å²) in [6, 6.07) is 10.5. The van der Waals surface area contributed by atoms with Crippen LogP contribution < -0.4 is 9.64 Å². The average molecular weight is 424 g/mol. The minimum atomic E-state index is -1.11. The van der Waals surface area contributed by atoms with Crippen LogP contribution in [0.2, 0.25) is 0 Å². The molecule has 0 atom stereocenters. The van der Waals surface area contributed by atoms with E-state index in [9.17, 15) is 19.8 Å². The molecule has 1 heterocycles. The van der Waals surface area contributed by atoms with Crippen LogP contribution in [-0.2, 0) is 20.4 Å². The van der Waals surface area contributed by atoms with Gasteiger partial charge in [-0.1, -0.05) is 53.7 Å². The second-order valence-electron chi connectivity index (χ2n) is 9.83. The standard InChI is InChI=1S/C25H29NO5/c1-24(2,3)16-11-15(12-17(22(16)29)25(4,5)6)13-20-23(30)26(14-21(27)28)18-9-7-8-10-19(18)31-20/h7-13,29H,14H2,1-6H3,(H,27,28). The van der Waals surface area contributed by atoms with Crippen molar-refractivity contribution >= 4 is 23.6 Å². The van der Waals surface area contributed by atoms with Crippen molar-refractivity contribution in [3.63, 3.8) is 0 Å². The lowest BCUT2D eigenvalue weighted by Gasteiger charge is -2.30. The van der Waals surface area contributed by atoms with Crippen LogP contribution in [0.25, 0.3) is 6.08 Å². The first-order valence-electron chi connectivity index (χ1n) is 10.2. The quantitative estimate of drug-likeness (QED) is 0.690. The number of amides is 1. The summed E-state index contributed by atoms with van der Waals surface area (Å²) in [6.45, 7) is 11.6. The van der Waals surface area contributed by atoms with E-state index in [1.165, 1.54) is 4.90 Å². The molecule has 1 aliphatic rings. The number of hydrogen-bond acceptors (Lipinski definition) is 4. The molecule has 6 nitrogen and oxygen atoms in total. The molecule has 2 aromatic rings. The molecule has 0 fully saturated rings. The lowest BCUT2D eigenvalue weighted by Crippen LogP contribution is -2.40. The van der Waals surface area contributed by atoms with Gasteiger partial charge in [-0.15, -0.1) is 0 Å². The van der Waals surface area contributed by atoms with E-state index < -0.39 is 18.4 Å². The summed E-state index contributed by atoms with van der Waals surface area (Å²) < 4.78 is 5.86. The normalized spacial score (nSPS) is 15.6. The number of phenolic OH excluding ortho intramolecular Hbond substituents is 1. The SMILES string of the molecule is CC(C)(C)c1cc(C=C2Oc3ccccc3N(CC(=O)O)C2=O)cc(C(C)(C)C)c1O. The molecule has 2 N–H and O–H groups in total. The summed E-state index contributed by atoms with van der Waals surface area (Å²) in [5, 5.41) is 20.2. The topological polar surface area (TPSA) is 87.1 Å². The van der Waals surface area contributed by atoms with Crippen LogP contribution in [0.5, 0.6) is 11.5 Å². The molecule has 0 bridgehead atoms. The number of anilines is 1. The van der Waals surface area contributed by atoms with Crippen molar-refractivity contribution in [2.75, 3.05) is 11.4 Å². The molecule has 2 aromatic carbocycles. The Bertz CT molecular complexity index is 1040. The van der Waals surface area contributed by atoms with Gasteiger partial charge in [0.05, 0.1) is 5.69 Å². The highest BCUT2D eigenvalue weighted by atomic mass is 16.5. The van der Waals surface area contributed by atoms with Gasteiger partial charge in [0, 0.05) is 11.1 Å². The van der Waals surface area contributed by atoms with E-state index in [0.717, 1.165) is 11.1 Å². The summed E-state index contributed by atoms with van der Waals surface area (Å²) in [7, 11) is 0. The van der Waals surface area contributed by atoms with Gasteiger partial charge in [-0.05, 0) is 46.7 Å². The second-order valence-corrected chi connectivity index (χ2v) is 9.83. The molecule has 0 aromatic heterocycles. The number of carboxylic acid groups (broad SMARTS) is 1. The number of carbonyl (C=O) groups excluding carboxylic acids is 1. The minimum absolute atomic E-state index is 0.0327. The Morgan fingerprint density at radius 3 is 2.10 bits per heavy atom. The molecule has 0 saturated heterocycles. The zero-order chi connectivity index (χ0) is 23.1. The first-order valence-corrected chi connectivity index (χ1v) is 10.2. The predicted molar refractivity (Wildman–Crippen MR) is 121 cm³/mol. The number of carbonyl (C=O) groups is 2. The summed E-state index contributed by atoms with van der Waals surface area (Å²) >= 11 is 0. The van der Waals surface area contributed by atoms with Gasteiger partial charge in [-0.25, -0.2) is 0 Å². The highest BCUT2D eigenvalue weighted by Gasteiger charge is 2.32. The maximum Gasteiger partial charge on any atom is 0.323 e. The maximum absolute atomic E-state index is 13.1. The van der Waals surface area contributed by atoms with E-state index in [1.807, 2.05) is 53.7 Å². The molecule has 31 heavy (non-hydrogen) atoms. The molecule has 1 aliphatic heterocycles. The van der Waals surface area contributed by atoms with Crippen molar-refractivity contribution in [3.8, 4) is 11.5 Å². The third kappa shape index (κ3) is 4.58. The van der Waals surface area contributed by atoms with E-state index in [4.69, 9.17) is 4.74 Å².